The molecule has 0 aliphatic heterocycles. The van der Waals surface area contributed by atoms with Gasteiger partial charge in [-0.25, -0.2) is 0 Å². The minimum absolute atomic E-state index is 0. The van der Waals surface area contributed by atoms with E-state index in [1.165, 1.54) is 9.22 Å². The molecule has 0 aliphatic rings. The number of nitro benzene ring substituents is 2. The second-order valence-electron chi connectivity index (χ2n) is 15.8. The zero-order valence-corrected chi connectivity index (χ0v) is 58.2. The zero-order valence-electron chi connectivity index (χ0n) is 41.3. The third kappa shape index (κ3) is 23.8. The Morgan fingerprint density at radius 2 is 0.873 bits per heavy atom. The summed E-state index contributed by atoms with van der Waals surface area (Å²) in [5, 5.41) is 66.9. The SMILES string of the molecule is BrBr.CC(C)CI.CC(C)Cn1nc2c(Br)c([N+](=O)[O-])c([N+](=O)[O-])c(Br)c2n1.CC(C)Cn1nc2c(Br)ccc(Br)c2n1.CC(C)Cn1nc2ccccc2n1.O=CO[O-].[H-].[K+].[K+].c1ccc2n[nH]nc2c1. The summed E-state index contributed by atoms with van der Waals surface area (Å²) in [7, 11) is 0. The molecule has 4 aromatic carbocycles. The van der Waals surface area contributed by atoms with Crippen molar-refractivity contribution in [1.82, 2.24) is 60.4 Å². The van der Waals surface area contributed by atoms with E-state index in [0.29, 0.717) is 18.4 Å². The van der Waals surface area contributed by atoms with Crippen LogP contribution in [0.4, 0.5) is 11.4 Å². The number of nitrogens with zero attached hydrogens (tertiary/aromatic N) is 13. The molecule has 71 heavy (non-hydrogen) atoms. The first-order chi connectivity index (χ1) is 32.7. The van der Waals surface area contributed by atoms with Gasteiger partial charge in [0.25, 0.3) is 6.47 Å². The standard InChI is InChI=1S/C10H9Br2N5O4.C10H11Br2N3.C10H13N3.C6H5N3.C4H9I.CH2O3.Br2.2K.H/c1-4(2)3-15-13-7-5(11)9(16(18)19)10(17(20)21)6(12)8(7)14-15;1-6(2)5-15-13-9-7(11)3-4-8(12)10(9)14-15;1-8(2)7-13-11-9-5-3-4-6-10(9)12-13;1-2-4-6-5(3-1)7-9-8-6;1-4(2)3-5;2-1-4-3;1-2;;;/h4H,3H2,1-2H3;3-4,6H,5H2,1-2H3;3-6,8H,7H2,1-2H3;1-4H,(H,7,8,9);4H,3H2,1-2H3;1,3H;;;;/q;;;;;;;2*+1;-1/p-1. The molecular formula is C41H49Br6IK2N14O7. The van der Waals surface area contributed by atoms with Gasteiger partial charge in [-0.2, -0.15) is 60.4 Å². The summed E-state index contributed by atoms with van der Waals surface area (Å²) in [6.45, 7) is 19.0. The number of halogens is 7. The fraction of sp³-hybridized carbons (Fsp3) is 0.390. The largest absolute Gasteiger partial charge is 1.00 e. The molecule has 4 aromatic heterocycles. The van der Waals surface area contributed by atoms with Gasteiger partial charge in [0.2, 0.25) is 0 Å². The summed E-state index contributed by atoms with van der Waals surface area (Å²) >= 11 is 20.9. The van der Waals surface area contributed by atoms with E-state index >= 15 is 0 Å². The summed E-state index contributed by atoms with van der Waals surface area (Å²) in [6, 6.07) is 19.6. The predicted molar refractivity (Wildman–Crippen MR) is 295 cm³/mol. The van der Waals surface area contributed by atoms with E-state index in [1.54, 1.807) is 9.59 Å². The van der Waals surface area contributed by atoms with Gasteiger partial charge in [-0.1, -0.05) is 102 Å². The Balaban J connectivity index is 0. The number of aromatic amines is 1. The summed E-state index contributed by atoms with van der Waals surface area (Å²) < 4.78 is 3.14. The van der Waals surface area contributed by atoms with Crippen LogP contribution < -0.4 is 108 Å². The Hall–Kier alpha value is -0.407. The Morgan fingerprint density at radius 3 is 1.14 bits per heavy atom. The number of aromatic nitrogens is 12. The van der Waals surface area contributed by atoms with Gasteiger partial charge in [0.05, 0.1) is 29.5 Å². The van der Waals surface area contributed by atoms with E-state index in [0.717, 1.165) is 61.1 Å². The van der Waals surface area contributed by atoms with Crippen LogP contribution in [-0.4, -0.2) is 81.1 Å². The maximum atomic E-state index is 11.1. The average Bonchev–Trinajstić information content (AvgIpc) is 4.13. The Morgan fingerprint density at radius 1 is 0.592 bits per heavy atom. The van der Waals surface area contributed by atoms with Crippen LogP contribution in [0, 0.1) is 43.9 Å². The molecule has 0 aliphatic carbocycles. The molecule has 0 bridgehead atoms. The molecule has 8 aromatic rings. The minimum Gasteiger partial charge on any atom is -1.00 e. The molecule has 4 heterocycles. The Bertz CT molecular complexity index is 2720. The summed E-state index contributed by atoms with van der Waals surface area (Å²) in [4.78, 5) is 36.8. The summed E-state index contributed by atoms with van der Waals surface area (Å²) in [6.07, 6.45) is 0. The molecule has 8 rings (SSSR count). The molecule has 0 spiro atoms. The molecule has 0 unspecified atom stereocenters. The van der Waals surface area contributed by atoms with Crippen molar-refractivity contribution in [2.24, 2.45) is 23.7 Å². The van der Waals surface area contributed by atoms with Crippen LogP contribution in [0.25, 0.3) is 44.1 Å². The van der Waals surface area contributed by atoms with Crippen molar-refractivity contribution in [2.45, 2.75) is 75.0 Å². The number of nitrogens with one attached hydrogen (secondary N) is 1. The molecule has 0 saturated heterocycles. The number of carbonyl (C=O) groups excluding carboxylic acids is 1. The van der Waals surface area contributed by atoms with Crippen molar-refractivity contribution in [2.75, 3.05) is 4.43 Å². The number of fused-ring (bicyclic) bond motifs is 4. The number of hydrogen-bond donors (Lipinski definition) is 1. The van der Waals surface area contributed by atoms with Crippen LogP contribution in [0.1, 0.15) is 56.8 Å². The zero-order chi connectivity index (χ0) is 52.0. The van der Waals surface area contributed by atoms with E-state index in [2.05, 4.69) is 207 Å². The molecule has 376 valence electrons. The maximum Gasteiger partial charge on any atom is 1.00 e. The monoisotopic (exact) mass is 1530 g/mol. The van der Waals surface area contributed by atoms with Crippen molar-refractivity contribution < 1.29 is 129 Å². The minimum atomic E-state index is -0.812. The van der Waals surface area contributed by atoms with Crippen molar-refractivity contribution in [1.29, 1.82) is 0 Å². The fourth-order valence-electron chi connectivity index (χ4n) is 5.30. The normalized spacial score (nSPS) is 10.2. The van der Waals surface area contributed by atoms with Crippen molar-refractivity contribution in [3.8, 4) is 0 Å². The smallest absolute Gasteiger partial charge is 1.00 e. The number of benzene rings is 4. The number of para-hydroxylation sites is 2. The van der Waals surface area contributed by atoms with Gasteiger partial charge < -0.3 is 11.6 Å². The predicted octanol–water partition coefficient (Wildman–Crippen LogP) is 6.41. The van der Waals surface area contributed by atoms with Crippen LogP contribution in [0.2, 0.25) is 0 Å². The van der Waals surface area contributed by atoms with Crippen LogP contribution in [-0.2, 0) is 29.3 Å². The van der Waals surface area contributed by atoms with Crippen LogP contribution in [0.3, 0.4) is 0 Å². The van der Waals surface area contributed by atoms with Crippen LogP contribution in [0.15, 0.2) is 78.6 Å². The average molecular weight is 1530 g/mol. The molecule has 30 heteroatoms. The first kappa shape index (κ1) is 70.6. The number of nitro groups is 2. The maximum absolute atomic E-state index is 11.1. The number of H-pyrrole nitrogens is 1. The first-order valence-electron chi connectivity index (χ1n) is 20.4. The molecular weight excluding hydrogens is 1490 g/mol. The van der Waals surface area contributed by atoms with Crippen molar-refractivity contribution in [3.63, 3.8) is 0 Å². The number of hydrogen-bond acceptors (Lipinski definition) is 15. The van der Waals surface area contributed by atoms with Gasteiger partial charge in [-0.05, 0) is 124 Å². The van der Waals surface area contributed by atoms with E-state index in [4.69, 9.17) is 10.1 Å². The van der Waals surface area contributed by atoms with Crippen LogP contribution in [0.5, 0.6) is 0 Å². The summed E-state index contributed by atoms with van der Waals surface area (Å²) in [5.41, 5.74) is 4.72. The van der Waals surface area contributed by atoms with Gasteiger partial charge in [0, 0.05) is 41.6 Å². The van der Waals surface area contributed by atoms with Crippen molar-refractivity contribution in [3.05, 3.63) is 98.8 Å². The molecule has 0 radical (unpaired) electrons. The third-order valence-corrected chi connectivity index (χ3v) is 12.6. The topological polar surface area (TPSA) is 269 Å². The quantitative estimate of drug-likeness (QED) is 0.0295. The first-order valence-corrected chi connectivity index (χ1v) is 28.8. The molecule has 0 amide bonds. The second-order valence-corrected chi connectivity index (χ2v) is 19.9. The van der Waals surface area contributed by atoms with Crippen molar-refractivity contribution >= 4 is 177 Å². The van der Waals surface area contributed by atoms with Gasteiger partial charge in [-0.3, -0.25) is 25.0 Å². The third-order valence-electron chi connectivity index (χ3n) is 8.04. The van der Waals surface area contributed by atoms with E-state index in [1.807, 2.05) is 74.5 Å². The van der Waals surface area contributed by atoms with E-state index < -0.39 is 21.2 Å². The van der Waals surface area contributed by atoms with E-state index in [-0.39, 0.29) is 137 Å². The Labute approximate surface area is 558 Å². The Kier molecular flexibility index (Phi) is 37.2. The second kappa shape index (κ2) is 37.4. The number of rotatable bonds is 10. The van der Waals surface area contributed by atoms with Gasteiger partial charge in [0.15, 0.2) is 0 Å². The number of alkyl halides is 1. The molecule has 21 nitrogen and oxygen atoms in total. The number of carbonyl (C=O) groups is 1. The van der Waals surface area contributed by atoms with Crippen LogP contribution >= 0.6 is 115 Å². The fourth-order valence-corrected chi connectivity index (χ4v) is 7.30. The molecule has 0 fully saturated rings. The van der Waals surface area contributed by atoms with E-state index in [9.17, 15) is 20.2 Å². The molecule has 0 atom stereocenters. The summed E-state index contributed by atoms with van der Waals surface area (Å²) in [5.74, 6) is 2.26. The van der Waals surface area contributed by atoms with Gasteiger partial charge in [0.1, 0.15) is 53.1 Å². The van der Waals surface area contributed by atoms with Gasteiger partial charge >= 0.3 is 114 Å². The molecule has 1 N–H and O–H groups in total. The van der Waals surface area contributed by atoms with Gasteiger partial charge in [-0.15, -0.1) is 0 Å². The molecule has 0 saturated carbocycles.